The predicted molar refractivity (Wildman–Crippen MR) is 76.8 cm³/mol. The molecule has 0 bridgehead atoms. The van der Waals surface area contributed by atoms with Crippen LogP contribution in [-0.2, 0) is 16.9 Å². The molecule has 1 N–H and O–H groups in total. The Morgan fingerprint density at radius 3 is 2.45 bits per heavy atom. The van der Waals surface area contributed by atoms with Crippen molar-refractivity contribution in [1.82, 2.24) is 24.9 Å². The fourth-order valence-corrected chi connectivity index (χ4v) is 1.96. The standard InChI is InChI=1S/C12H15Cl2N5O/c1-12(2,19-8-10(14)6-17-19)11(20)15-3-4-18-7-9(13)5-16-18/h5-8H,3-4H2,1-2H3,(H,15,20). The molecule has 0 aliphatic rings. The molecule has 20 heavy (non-hydrogen) atoms. The number of carbonyl (C=O) groups is 1. The van der Waals surface area contributed by atoms with Crippen molar-refractivity contribution in [2.24, 2.45) is 0 Å². The van der Waals surface area contributed by atoms with Crippen molar-refractivity contribution >= 4 is 29.1 Å². The summed E-state index contributed by atoms with van der Waals surface area (Å²) in [6, 6.07) is 0. The number of rotatable bonds is 5. The van der Waals surface area contributed by atoms with Crippen molar-refractivity contribution in [3.63, 3.8) is 0 Å². The second kappa shape index (κ2) is 5.85. The zero-order valence-corrected chi connectivity index (χ0v) is 12.7. The third-order valence-electron chi connectivity index (χ3n) is 2.91. The SMILES string of the molecule is CC(C)(C(=O)NCCn1cc(Cl)cn1)n1cc(Cl)cn1. The number of hydrogen-bond donors (Lipinski definition) is 1. The molecule has 0 spiro atoms. The van der Waals surface area contributed by atoms with Crippen LogP contribution in [0.2, 0.25) is 10.0 Å². The Morgan fingerprint density at radius 1 is 1.25 bits per heavy atom. The summed E-state index contributed by atoms with van der Waals surface area (Å²) < 4.78 is 3.20. The first kappa shape index (κ1) is 14.9. The molecule has 0 aliphatic heterocycles. The molecule has 0 unspecified atom stereocenters. The van der Waals surface area contributed by atoms with E-state index in [1.807, 2.05) is 0 Å². The van der Waals surface area contributed by atoms with Gasteiger partial charge in [0.25, 0.3) is 0 Å². The van der Waals surface area contributed by atoms with Gasteiger partial charge in [-0.3, -0.25) is 14.2 Å². The Balaban J connectivity index is 1.91. The molecule has 2 heterocycles. The van der Waals surface area contributed by atoms with E-state index in [0.717, 1.165) is 0 Å². The molecule has 0 saturated heterocycles. The van der Waals surface area contributed by atoms with E-state index in [4.69, 9.17) is 23.2 Å². The molecule has 0 fully saturated rings. The lowest BCUT2D eigenvalue weighted by Gasteiger charge is -2.24. The van der Waals surface area contributed by atoms with Crippen LogP contribution >= 0.6 is 23.2 Å². The van der Waals surface area contributed by atoms with E-state index in [0.29, 0.717) is 23.1 Å². The summed E-state index contributed by atoms with van der Waals surface area (Å²) >= 11 is 11.6. The first-order chi connectivity index (χ1) is 9.39. The summed E-state index contributed by atoms with van der Waals surface area (Å²) in [4.78, 5) is 12.2. The average molecular weight is 316 g/mol. The lowest BCUT2D eigenvalue weighted by Crippen LogP contribution is -2.45. The molecular weight excluding hydrogens is 301 g/mol. The third-order valence-corrected chi connectivity index (χ3v) is 3.30. The van der Waals surface area contributed by atoms with Crippen molar-refractivity contribution in [3.05, 3.63) is 34.8 Å². The van der Waals surface area contributed by atoms with Crippen molar-refractivity contribution in [2.75, 3.05) is 6.54 Å². The summed E-state index contributed by atoms with van der Waals surface area (Å²) in [5.41, 5.74) is -0.811. The maximum atomic E-state index is 12.2. The van der Waals surface area contributed by atoms with Gasteiger partial charge in [0.15, 0.2) is 0 Å². The molecule has 0 radical (unpaired) electrons. The minimum atomic E-state index is -0.811. The molecular formula is C12H15Cl2N5O. The zero-order chi connectivity index (χ0) is 14.8. The van der Waals surface area contributed by atoms with Crippen LogP contribution in [-0.4, -0.2) is 32.0 Å². The lowest BCUT2D eigenvalue weighted by molar-refractivity contribution is -0.128. The Labute approximate surface area is 126 Å². The number of amides is 1. The van der Waals surface area contributed by atoms with Gasteiger partial charge in [0.05, 0.1) is 29.0 Å². The highest BCUT2D eigenvalue weighted by molar-refractivity contribution is 6.30. The Hall–Kier alpha value is -1.53. The molecule has 6 nitrogen and oxygen atoms in total. The molecule has 0 aromatic carbocycles. The van der Waals surface area contributed by atoms with E-state index < -0.39 is 5.54 Å². The van der Waals surface area contributed by atoms with Gasteiger partial charge in [-0.25, -0.2) is 0 Å². The van der Waals surface area contributed by atoms with E-state index in [9.17, 15) is 4.79 Å². The monoisotopic (exact) mass is 315 g/mol. The summed E-state index contributed by atoms with van der Waals surface area (Å²) in [6.45, 7) is 4.55. The molecule has 2 aromatic heterocycles. The van der Waals surface area contributed by atoms with E-state index in [-0.39, 0.29) is 5.91 Å². The van der Waals surface area contributed by atoms with Gasteiger partial charge in [0, 0.05) is 18.9 Å². The molecule has 0 aliphatic carbocycles. The summed E-state index contributed by atoms with van der Waals surface area (Å²) in [5, 5.41) is 12.0. The molecule has 2 rings (SSSR count). The van der Waals surface area contributed by atoms with Crippen LogP contribution in [0.5, 0.6) is 0 Å². The maximum Gasteiger partial charge on any atom is 0.247 e. The smallest absolute Gasteiger partial charge is 0.247 e. The van der Waals surface area contributed by atoms with Gasteiger partial charge in [0.2, 0.25) is 5.91 Å². The highest BCUT2D eigenvalue weighted by Crippen LogP contribution is 2.17. The third kappa shape index (κ3) is 3.32. The van der Waals surface area contributed by atoms with Crippen LogP contribution in [0.1, 0.15) is 13.8 Å². The quantitative estimate of drug-likeness (QED) is 0.917. The number of nitrogens with zero attached hydrogens (tertiary/aromatic N) is 4. The highest BCUT2D eigenvalue weighted by Gasteiger charge is 2.30. The minimum absolute atomic E-state index is 0.143. The molecule has 108 valence electrons. The van der Waals surface area contributed by atoms with Gasteiger partial charge in [-0.05, 0) is 13.8 Å². The van der Waals surface area contributed by atoms with E-state index in [1.54, 1.807) is 37.1 Å². The number of halogens is 2. The first-order valence-corrected chi connectivity index (χ1v) is 6.82. The number of hydrogen-bond acceptors (Lipinski definition) is 3. The fraction of sp³-hybridized carbons (Fsp3) is 0.417. The zero-order valence-electron chi connectivity index (χ0n) is 11.2. The predicted octanol–water partition coefficient (Wildman–Crippen LogP) is 1.94. The van der Waals surface area contributed by atoms with Gasteiger partial charge in [-0.2, -0.15) is 10.2 Å². The second-order valence-electron chi connectivity index (χ2n) is 4.84. The molecule has 1 amide bonds. The second-order valence-corrected chi connectivity index (χ2v) is 5.71. The van der Waals surface area contributed by atoms with Gasteiger partial charge < -0.3 is 5.32 Å². The maximum absolute atomic E-state index is 12.2. The van der Waals surface area contributed by atoms with Crippen LogP contribution in [0.3, 0.4) is 0 Å². The van der Waals surface area contributed by atoms with Crippen LogP contribution in [0.25, 0.3) is 0 Å². The van der Waals surface area contributed by atoms with Gasteiger partial charge in [-0.15, -0.1) is 0 Å². The van der Waals surface area contributed by atoms with Crippen molar-refractivity contribution in [2.45, 2.75) is 25.9 Å². The van der Waals surface area contributed by atoms with E-state index in [1.165, 1.54) is 10.9 Å². The van der Waals surface area contributed by atoms with E-state index in [2.05, 4.69) is 15.5 Å². The minimum Gasteiger partial charge on any atom is -0.352 e. The normalized spacial score (nSPS) is 11.6. The van der Waals surface area contributed by atoms with Crippen molar-refractivity contribution < 1.29 is 4.79 Å². The number of aromatic nitrogens is 4. The molecule has 0 atom stereocenters. The van der Waals surface area contributed by atoms with E-state index >= 15 is 0 Å². The van der Waals surface area contributed by atoms with Crippen molar-refractivity contribution in [1.29, 1.82) is 0 Å². The summed E-state index contributed by atoms with van der Waals surface area (Å²) in [5.74, 6) is -0.143. The van der Waals surface area contributed by atoms with Gasteiger partial charge in [-0.1, -0.05) is 23.2 Å². The summed E-state index contributed by atoms with van der Waals surface area (Å²) in [7, 11) is 0. The highest BCUT2D eigenvalue weighted by atomic mass is 35.5. The number of carbonyl (C=O) groups excluding carboxylic acids is 1. The van der Waals surface area contributed by atoms with Crippen molar-refractivity contribution in [3.8, 4) is 0 Å². The molecule has 0 saturated carbocycles. The Kier molecular flexibility index (Phi) is 4.35. The first-order valence-electron chi connectivity index (χ1n) is 6.06. The number of nitrogens with one attached hydrogen (secondary N) is 1. The van der Waals surface area contributed by atoms with Crippen LogP contribution in [0.4, 0.5) is 0 Å². The summed E-state index contributed by atoms with van der Waals surface area (Å²) in [6.07, 6.45) is 6.38. The fourth-order valence-electron chi connectivity index (χ4n) is 1.67. The average Bonchev–Trinajstić information content (AvgIpc) is 2.98. The van der Waals surface area contributed by atoms with Crippen LogP contribution in [0, 0.1) is 0 Å². The molecule has 8 heteroatoms. The Morgan fingerprint density at radius 2 is 1.90 bits per heavy atom. The topological polar surface area (TPSA) is 64.7 Å². The Bertz CT molecular complexity index is 605. The van der Waals surface area contributed by atoms with Gasteiger partial charge in [0.1, 0.15) is 5.54 Å². The van der Waals surface area contributed by atoms with Crippen LogP contribution < -0.4 is 5.32 Å². The molecule has 2 aromatic rings. The lowest BCUT2D eigenvalue weighted by atomic mass is 10.1. The largest absolute Gasteiger partial charge is 0.352 e. The van der Waals surface area contributed by atoms with Crippen LogP contribution in [0.15, 0.2) is 24.8 Å². The van der Waals surface area contributed by atoms with Gasteiger partial charge >= 0.3 is 0 Å².